The molecule has 2 fully saturated rings. The summed E-state index contributed by atoms with van der Waals surface area (Å²) in [5.74, 6) is 0. The molecule has 1 aromatic carbocycles. The molecule has 0 bridgehead atoms. The number of nitrogens with zero attached hydrogens (tertiary/aromatic N) is 4. The van der Waals surface area contributed by atoms with Crippen molar-refractivity contribution in [1.29, 1.82) is 0 Å². The summed E-state index contributed by atoms with van der Waals surface area (Å²) < 4.78 is 0. The molecule has 8 nitrogen and oxygen atoms in total. The smallest absolute Gasteiger partial charge is 0.299 e. The minimum Gasteiger partial charge on any atom is -0.363 e. The first-order chi connectivity index (χ1) is 10.1. The van der Waals surface area contributed by atoms with Gasteiger partial charge in [-0.1, -0.05) is 0 Å². The topological polar surface area (TPSA) is 92.8 Å². The van der Waals surface area contributed by atoms with Crippen LogP contribution in [0.5, 0.6) is 0 Å². The molecule has 0 aliphatic carbocycles. The number of hydrogen-bond donors (Lipinski definition) is 0. The Morgan fingerprint density at radius 3 is 2.62 bits per heavy atom. The predicted molar refractivity (Wildman–Crippen MR) is 76.6 cm³/mol. The maximum absolute atomic E-state index is 11.2. The summed E-state index contributed by atoms with van der Waals surface area (Å²) in [7, 11) is 0. The highest BCUT2D eigenvalue weighted by atomic mass is 16.6. The van der Waals surface area contributed by atoms with Crippen molar-refractivity contribution < 1.29 is 9.85 Å². The van der Waals surface area contributed by atoms with Gasteiger partial charge >= 0.3 is 0 Å². The van der Waals surface area contributed by atoms with E-state index in [-0.39, 0.29) is 11.4 Å². The highest BCUT2D eigenvalue weighted by molar-refractivity contribution is 5.67. The Hall–Kier alpha value is -2.22. The third-order valence-corrected chi connectivity index (χ3v) is 4.29. The molecular formula is C13H16N4O4. The molecule has 0 radical (unpaired) electrons. The fraction of sp³-hybridized carbons (Fsp3) is 0.538. The van der Waals surface area contributed by atoms with Crippen LogP contribution in [0.15, 0.2) is 18.2 Å². The van der Waals surface area contributed by atoms with Gasteiger partial charge in [0.1, 0.15) is 5.69 Å². The van der Waals surface area contributed by atoms with Crippen LogP contribution in [0.1, 0.15) is 12.8 Å². The van der Waals surface area contributed by atoms with Crippen molar-refractivity contribution in [2.75, 3.05) is 31.1 Å². The molecule has 21 heavy (non-hydrogen) atoms. The maximum atomic E-state index is 11.2. The van der Waals surface area contributed by atoms with Crippen LogP contribution in [0, 0.1) is 20.2 Å². The van der Waals surface area contributed by atoms with Crippen molar-refractivity contribution in [3.63, 3.8) is 0 Å². The second-order valence-electron chi connectivity index (χ2n) is 5.47. The summed E-state index contributed by atoms with van der Waals surface area (Å²) in [5, 5.41) is 22.0. The summed E-state index contributed by atoms with van der Waals surface area (Å²) in [5.41, 5.74) is 0.0535. The first kappa shape index (κ1) is 13.7. The van der Waals surface area contributed by atoms with Crippen molar-refractivity contribution in [1.82, 2.24) is 4.90 Å². The van der Waals surface area contributed by atoms with Gasteiger partial charge in [-0.15, -0.1) is 0 Å². The summed E-state index contributed by atoms with van der Waals surface area (Å²) in [6.07, 6.45) is 2.28. The fourth-order valence-corrected chi connectivity index (χ4v) is 3.25. The summed E-state index contributed by atoms with van der Waals surface area (Å²) in [6.45, 7) is 3.45. The molecule has 3 rings (SSSR count). The second-order valence-corrected chi connectivity index (χ2v) is 5.47. The molecule has 0 aromatic heterocycles. The van der Waals surface area contributed by atoms with Crippen molar-refractivity contribution in [3.05, 3.63) is 38.4 Å². The Balaban J connectivity index is 1.90. The van der Waals surface area contributed by atoms with E-state index >= 15 is 0 Å². The zero-order valence-electron chi connectivity index (χ0n) is 11.5. The molecule has 2 heterocycles. The minimum atomic E-state index is -0.605. The van der Waals surface area contributed by atoms with E-state index in [4.69, 9.17) is 0 Å². The van der Waals surface area contributed by atoms with Gasteiger partial charge in [-0.3, -0.25) is 25.1 Å². The zero-order chi connectivity index (χ0) is 15.0. The molecule has 2 saturated heterocycles. The number of non-ortho nitro benzene ring substituents is 1. The van der Waals surface area contributed by atoms with E-state index < -0.39 is 9.85 Å². The number of anilines is 1. The summed E-state index contributed by atoms with van der Waals surface area (Å²) >= 11 is 0. The monoisotopic (exact) mass is 292 g/mol. The molecule has 2 aliphatic rings. The lowest BCUT2D eigenvalue weighted by Gasteiger charge is -2.38. The molecule has 112 valence electrons. The van der Waals surface area contributed by atoms with Gasteiger partial charge in [-0.05, 0) is 25.5 Å². The summed E-state index contributed by atoms with van der Waals surface area (Å²) in [6, 6.07) is 4.33. The van der Waals surface area contributed by atoms with Crippen molar-refractivity contribution in [3.8, 4) is 0 Å². The predicted octanol–water partition coefficient (Wildman–Crippen LogP) is 1.79. The number of hydrogen-bond acceptors (Lipinski definition) is 6. The number of piperazine rings is 1. The number of nitro benzene ring substituents is 2. The van der Waals surface area contributed by atoms with Gasteiger partial charge in [0.25, 0.3) is 11.4 Å². The van der Waals surface area contributed by atoms with Crippen LogP contribution in [0.25, 0.3) is 0 Å². The lowest BCUT2D eigenvalue weighted by molar-refractivity contribution is -0.393. The van der Waals surface area contributed by atoms with Crippen LogP contribution in [0.4, 0.5) is 17.1 Å². The average Bonchev–Trinajstić information content (AvgIpc) is 2.93. The van der Waals surface area contributed by atoms with E-state index in [0.29, 0.717) is 11.7 Å². The lowest BCUT2D eigenvalue weighted by atomic mass is 10.1. The van der Waals surface area contributed by atoms with Gasteiger partial charge in [0, 0.05) is 31.7 Å². The highest BCUT2D eigenvalue weighted by Crippen LogP contribution is 2.34. The molecule has 0 unspecified atom stereocenters. The second kappa shape index (κ2) is 5.28. The van der Waals surface area contributed by atoms with E-state index in [1.807, 2.05) is 4.90 Å². The molecule has 0 N–H and O–H groups in total. The quantitative estimate of drug-likeness (QED) is 0.623. The Morgan fingerprint density at radius 2 is 1.90 bits per heavy atom. The van der Waals surface area contributed by atoms with E-state index in [0.717, 1.165) is 38.7 Å². The van der Waals surface area contributed by atoms with Crippen LogP contribution >= 0.6 is 0 Å². The Labute approximate surface area is 121 Å². The van der Waals surface area contributed by atoms with E-state index in [9.17, 15) is 20.2 Å². The zero-order valence-corrected chi connectivity index (χ0v) is 11.5. The average molecular weight is 292 g/mol. The van der Waals surface area contributed by atoms with Gasteiger partial charge < -0.3 is 4.90 Å². The standard InChI is InChI=1S/C13H16N4O4/c18-16(19)10-3-4-12(13(8-10)17(20)21)15-7-6-14-5-1-2-11(14)9-15/h3-4,8,11H,1-2,5-7,9H2/t11-/m0/s1. The first-order valence-electron chi connectivity index (χ1n) is 6.98. The molecule has 1 aromatic rings. The fourth-order valence-electron chi connectivity index (χ4n) is 3.25. The van der Waals surface area contributed by atoms with Gasteiger partial charge in [0.15, 0.2) is 0 Å². The Bertz CT molecular complexity index is 592. The van der Waals surface area contributed by atoms with Gasteiger partial charge in [-0.25, -0.2) is 0 Å². The van der Waals surface area contributed by atoms with E-state index in [1.165, 1.54) is 18.6 Å². The number of rotatable bonds is 3. The van der Waals surface area contributed by atoms with E-state index in [2.05, 4.69) is 4.90 Å². The van der Waals surface area contributed by atoms with Crippen LogP contribution in [-0.2, 0) is 0 Å². The van der Waals surface area contributed by atoms with Crippen LogP contribution < -0.4 is 4.90 Å². The largest absolute Gasteiger partial charge is 0.363 e. The Morgan fingerprint density at radius 1 is 1.10 bits per heavy atom. The lowest BCUT2D eigenvalue weighted by Crippen LogP contribution is -2.50. The van der Waals surface area contributed by atoms with Gasteiger partial charge in [-0.2, -0.15) is 0 Å². The van der Waals surface area contributed by atoms with Crippen LogP contribution in [-0.4, -0.2) is 47.0 Å². The minimum absolute atomic E-state index is 0.185. The third-order valence-electron chi connectivity index (χ3n) is 4.29. The molecule has 0 saturated carbocycles. The van der Waals surface area contributed by atoms with Crippen molar-refractivity contribution in [2.45, 2.75) is 18.9 Å². The molecular weight excluding hydrogens is 276 g/mol. The van der Waals surface area contributed by atoms with Crippen molar-refractivity contribution >= 4 is 17.1 Å². The van der Waals surface area contributed by atoms with Gasteiger partial charge in [0.05, 0.1) is 15.9 Å². The normalized spacial score (nSPS) is 22.1. The van der Waals surface area contributed by atoms with Crippen molar-refractivity contribution in [2.24, 2.45) is 0 Å². The van der Waals surface area contributed by atoms with Crippen LogP contribution in [0.2, 0.25) is 0 Å². The van der Waals surface area contributed by atoms with E-state index in [1.54, 1.807) is 0 Å². The number of benzene rings is 1. The third kappa shape index (κ3) is 2.54. The highest BCUT2D eigenvalue weighted by Gasteiger charge is 2.33. The first-order valence-corrected chi connectivity index (χ1v) is 6.98. The van der Waals surface area contributed by atoms with Gasteiger partial charge in [0.2, 0.25) is 0 Å². The number of fused-ring (bicyclic) bond motifs is 1. The molecule has 0 amide bonds. The SMILES string of the molecule is O=[N+]([O-])c1ccc(N2CCN3CCC[C@H]3C2)c([N+](=O)[O-])c1. The molecule has 0 spiro atoms. The van der Waals surface area contributed by atoms with Crippen LogP contribution in [0.3, 0.4) is 0 Å². The summed E-state index contributed by atoms with van der Waals surface area (Å²) in [4.78, 5) is 25.2. The molecule has 8 heteroatoms. The molecule has 2 aliphatic heterocycles. The number of nitro groups is 2. The maximum Gasteiger partial charge on any atom is 0.299 e. The Kier molecular flexibility index (Phi) is 3.46. The molecule has 1 atom stereocenters.